The predicted octanol–water partition coefficient (Wildman–Crippen LogP) is 4.97. The molecular weight excluding hydrogens is 370 g/mol. The van der Waals surface area contributed by atoms with Gasteiger partial charge in [-0.3, -0.25) is 14.2 Å². The Morgan fingerprint density at radius 2 is 1.71 bits per heavy atom. The Morgan fingerprint density at radius 3 is 2.54 bits per heavy atom. The summed E-state index contributed by atoms with van der Waals surface area (Å²) in [6, 6.07) is 21.2. The van der Waals surface area contributed by atoms with Crippen LogP contribution in [0, 0.1) is 0 Å². The zero-order valence-electron chi connectivity index (χ0n) is 15.5. The third-order valence-corrected chi connectivity index (χ3v) is 5.60. The minimum absolute atomic E-state index is 0.127. The first-order chi connectivity index (χ1) is 13.5. The average Bonchev–Trinajstić information content (AvgIpc) is 3.06. The van der Waals surface area contributed by atoms with E-state index in [0.29, 0.717) is 5.16 Å². The fourth-order valence-electron chi connectivity index (χ4n) is 3.17. The molecule has 5 nitrogen and oxygen atoms in total. The molecule has 3 aromatic carbocycles. The van der Waals surface area contributed by atoms with Crippen molar-refractivity contribution in [3.63, 3.8) is 0 Å². The third kappa shape index (κ3) is 3.39. The van der Waals surface area contributed by atoms with Crippen molar-refractivity contribution in [3.8, 4) is 0 Å². The van der Waals surface area contributed by atoms with Crippen LogP contribution in [0.2, 0.25) is 0 Å². The van der Waals surface area contributed by atoms with E-state index in [4.69, 9.17) is 0 Å². The number of amides is 1. The van der Waals surface area contributed by atoms with Crippen molar-refractivity contribution in [3.05, 3.63) is 66.7 Å². The van der Waals surface area contributed by atoms with Crippen LogP contribution in [0.3, 0.4) is 0 Å². The number of benzene rings is 3. The number of carbonyl (C=O) groups is 2. The smallest absolute Gasteiger partial charge is 0.237 e. The van der Waals surface area contributed by atoms with Gasteiger partial charge < -0.3 is 5.32 Å². The minimum Gasteiger partial charge on any atom is -0.325 e. The van der Waals surface area contributed by atoms with Gasteiger partial charge in [0.05, 0.1) is 16.3 Å². The Bertz CT molecular complexity index is 1190. The number of carbonyl (C=O) groups excluding carboxylic acids is 2. The average molecular weight is 389 g/mol. The molecule has 4 aromatic rings. The summed E-state index contributed by atoms with van der Waals surface area (Å²) < 4.78 is 1.56. The molecule has 0 bridgehead atoms. The summed E-state index contributed by atoms with van der Waals surface area (Å²) in [6.45, 7) is 3.31. The number of nitrogens with zero attached hydrogens (tertiary/aromatic N) is 2. The molecule has 0 saturated carbocycles. The lowest BCUT2D eigenvalue weighted by molar-refractivity contribution is -0.115. The number of aromatic nitrogens is 2. The standard InChI is InChI=1S/C22H19N3O2S/c1-14(21(27)23-18-12-7-9-16-8-3-4-10-17(16)18)28-22-24-19-11-5-6-13-20(19)25(22)15(2)26/h3-14H,1-2H3,(H,23,27). The summed E-state index contributed by atoms with van der Waals surface area (Å²) in [5, 5.41) is 5.17. The zero-order chi connectivity index (χ0) is 19.7. The van der Waals surface area contributed by atoms with Crippen molar-refractivity contribution in [1.29, 1.82) is 0 Å². The highest BCUT2D eigenvalue weighted by Gasteiger charge is 2.21. The van der Waals surface area contributed by atoms with Gasteiger partial charge in [0.2, 0.25) is 11.8 Å². The third-order valence-electron chi connectivity index (χ3n) is 4.54. The normalized spacial score (nSPS) is 12.2. The summed E-state index contributed by atoms with van der Waals surface area (Å²) >= 11 is 1.28. The number of hydrogen-bond acceptors (Lipinski definition) is 4. The Labute approximate surface area is 166 Å². The van der Waals surface area contributed by atoms with E-state index in [-0.39, 0.29) is 11.8 Å². The molecule has 0 aliphatic carbocycles. The summed E-state index contributed by atoms with van der Waals surface area (Å²) in [6.07, 6.45) is 0. The molecule has 0 aliphatic heterocycles. The first-order valence-corrected chi connectivity index (χ1v) is 9.86. The first-order valence-electron chi connectivity index (χ1n) is 8.98. The molecule has 0 fully saturated rings. The highest BCUT2D eigenvalue weighted by atomic mass is 32.2. The molecular formula is C22H19N3O2S. The molecule has 1 unspecified atom stereocenters. The van der Waals surface area contributed by atoms with Crippen LogP contribution in [0.25, 0.3) is 21.8 Å². The highest BCUT2D eigenvalue weighted by molar-refractivity contribution is 8.00. The highest BCUT2D eigenvalue weighted by Crippen LogP contribution is 2.29. The van der Waals surface area contributed by atoms with Crippen molar-refractivity contribution in [2.75, 3.05) is 5.32 Å². The first kappa shape index (κ1) is 18.3. The fraction of sp³-hybridized carbons (Fsp3) is 0.136. The molecule has 0 spiro atoms. The van der Waals surface area contributed by atoms with Crippen LogP contribution in [-0.4, -0.2) is 26.6 Å². The van der Waals surface area contributed by atoms with Crippen LogP contribution >= 0.6 is 11.8 Å². The number of thioether (sulfide) groups is 1. The number of fused-ring (bicyclic) bond motifs is 2. The molecule has 1 N–H and O–H groups in total. The number of imidazole rings is 1. The second-order valence-corrected chi connectivity index (χ2v) is 7.82. The lowest BCUT2D eigenvalue weighted by atomic mass is 10.1. The monoisotopic (exact) mass is 389 g/mol. The Hall–Kier alpha value is -3.12. The molecule has 1 aromatic heterocycles. The SMILES string of the molecule is CC(=O)n1c(SC(C)C(=O)Nc2cccc3ccccc23)nc2ccccc21. The maximum Gasteiger partial charge on any atom is 0.237 e. The number of hydrogen-bond donors (Lipinski definition) is 1. The summed E-state index contributed by atoms with van der Waals surface area (Å²) in [5.41, 5.74) is 2.26. The van der Waals surface area contributed by atoms with E-state index in [1.165, 1.54) is 18.7 Å². The molecule has 28 heavy (non-hydrogen) atoms. The van der Waals surface area contributed by atoms with Crippen molar-refractivity contribution in [2.45, 2.75) is 24.3 Å². The van der Waals surface area contributed by atoms with Gasteiger partial charge in [-0.25, -0.2) is 4.98 Å². The van der Waals surface area contributed by atoms with Crippen molar-refractivity contribution in [2.24, 2.45) is 0 Å². The van der Waals surface area contributed by atoms with Crippen LogP contribution < -0.4 is 5.32 Å². The molecule has 1 heterocycles. The van der Waals surface area contributed by atoms with Gasteiger partial charge in [-0.1, -0.05) is 60.3 Å². The quantitative estimate of drug-likeness (QED) is 0.501. The van der Waals surface area contributed by atoms with E-state index >= 15 is 0 Å². The van der Waals surface area contributed by atoms with Crippen molar-refractivity contribution >= 4 is 51.1 Å². The van der Waals surface area contributed by atoms with Crippen LogP contribution in [0.15, 0.2) is 71.9 Å². The van der Waals surface area contributed by atoms with Gasteiger partial charge >= 0.3 is 0 Å². The topological polar surface area (TPSA) is 64.0 Å². The molecule has 0 saturated heterocycles. The van der Waals surface area contributed by atoms with Crippen LogP contribution in [0.4, 0.5) is 5.69 Å². The van der Waals surface area contributed by atoms with Gasteiger partial charge in [0.15, 0.2) is 5.16 Å². The number of rotatable bonds is 4. The van der Waals surface area contributed by atoms with Gasteiger partial charge in [-0.2, -0.15) is 0 Å². The summed E-state index contributed by atoms with van der Waals surface area (Å²) in [4.78, 5) is 29.5. The van der Waals surface area contributed by atoms with E-state index in [9.17, 15) is 9.59 Å². The predicted molar refractivity (Wildman–Crippen MR) is 114 cm³/mol. The van der Waals surface area contributed by atoms with Gasteiger partial charge in [-0.05, 0) is 30.5 Å². The molecule has 0 aliphatic rings. The number of anilines is 1. The second-order valence-electron chi connectivity index (χ2n) is 6.51. The molecule has 4 rings (SSSR count). The maximum absolute atomic E-state index is 12.8. The van der Waals surface area contributed by atoms with E-state index in [1.54, 1.807) is 4.57 Å². The van der Waals surface area contributed by atoms with Crippen LogP contribution in [-0.2, 0) is 4.79 Å². The summed E-state index contributed by atoms with van der Waals surface area (Å²) in [5.74, 6) is -0.263. The molecule has 1 atom stereocenters. The van der Waals surface area contributed by atoms with E-state index in [0.717, 1.165) is 27.5 Å². The van der Waals surface area contributed by atoms with Gasteiger partial charge in [0.1, 0.15) is 0 Å². The molecule has 0 radical (unpaired) electrons. The molecule has 140 valence electrons. The molecule has 6 heteroatoms. The largest absolute Gasteiger partial charge is 0.325 e. The number of nitrogens with one attached hydrogen (secondary N) is 1. The molecule has 1 amide bonds. The van der Waals surface area contributed by atoms with E-state index in [2.05, 4.69) is 10.3 Å². The van der Waals surface area contributed by atoms with Crippen LogP contribution in [0.1, 0.15) is 18.6 Å². The fourth-order valence-corrected chi connectivity index (χ4v) is 4.13. The van der Waals surface area contributed by atoms with Gasteiger partial charge in [0, 0.05) is 18.0 Å². The van der Waals surface area contributed by atoms with Crippen molar-refractivity contribution < 1.29 is 9.59 Å². The second kappa shape index (κ2) is 7.48. The van der Waals surface area contributed by atoms with E-state index < -0.39 is 5.25 Å². The Kier molecular flexibility index (Phi) is 4.88. The lowest BCUT2D eigenvalue weighted by Crippen LogP contribution is -2.23. The Morgan fingerprint density at radius 1 is 1.00 bits per heavy atom. The lowest BCUT2D eigenvalue weighted by Gasteiger charge is -2.13. The zero-order valence-corrected chi connectivity index (χ0v) is 16.4. The maximum atomic E-state index is 12.8. The minimum atomic E-state index is -0.422. The van der Waals surface area contributed by atoms with Gasteiger partial charge in [0.25, 0.3) is 0 Å². The van der Waals surface area contributed by atoms with Gasteiger partial charge in [-0.15, -0.1) is 0 Å². The summed E-state index contributed by atoms with van der Waals surface area (Å²) in [7, 11) is 0. The Balaban J connectivity index is 1.59. The number of para-hydroxylation sites is 2. The van der Waals surface area contributed by atoms with Crippen molar-refractivity contribution in [1.82, 2.24) is 9.55 Å². The van der Waals surface area contributed by atoms with Crippen LogP contribution in [0.5, 0.6) is 0 Å². The van der Waals surface area contributed by atoms with E-state index in [1.807, 2.05) is 73.7 Å².